The summed E-state index contributed by atoms with van der Waals surface area (Å²) in [5.74, 6) is 0.394. The Kier molecular flexibility index (Phi) is 16.0. The first-order valence-corrected chi connectivity index (χ1v) is 14.6. The van der Waals surface area contributed by atoms with E-state index in [1.54, 1.807) is 0 Å². The first-order valence-electron chi connectivity index (χ1n) is 13.2. The van der Waals surface area contributed by atoms with E-state index in [-0.39, 0.29) is 0 Å². The van der Waals surface area contributed by atoms with Crippen molar-refractivity contribution in [3.05, 3.63) is 72.8 Å². The van der Waals surface area contributed by atoms with Crippen molar-refractivity contribution in [2.24, 2.45) is 0 Å². The van der Waals surface area contributed by atoms with Gasteiger partial charge in [0, 0.05) is 89.5 Å². The summed E-state index contributed by atoms with van der Waals surface area (Å²) in [5, 5.41) is 11.8. The number of nitrogens with two attached hydrogens (primary N) is 1. The summed E-state index contributed by atoms with van der Waals surface area (Å²) in [5.41, 5.74) is 12.1. The number of nitrogens with one attached hydrogen (secondary N) is 1. The van der Waals surface area contributed by atoms with Crippen LogP contribution in [0.4, 0.5) is 34.1 Å². The number of anilines is 6. The highest BCUT2D eigenvalue weighted by atomic mass is 32.2. The molecule has 7 nitrogen and oxygen atoms in total. The lowest BCUT2D eigenvalue weighted by atomic mass is 10.2. The predicted octanol–water partition coefficient (Wildman–Crippen LogP) is 6.64. The van der Waals surface area contributed by atoms with Crippen LogP contribution in [0, 0.1) is 11.3 Å². The average molecular weight is 580 g/mol. The minimum atomic E-state index is 0.394. The first-order chi connectivity index (χ1) is 19.0. The van der Waals surface area contributed by atoms with Crippen molar-refractivity contribution >= 4 is 62.4 Å². The van der Waals surface area contributed by atoms with Crippen molar-refractivity contribution < 1.29 is 0 Å². The van der Waals surface area contributed by atoms with Crippen molar-refractivity contribution in [3.8, 4) is 6.07 Å². The average Bonchev–Trinajstić information content (AvgIpc) is 2.94. The zero-order valence-electron chi connectivity index (χ0n) is 25.2. The van der Waals surface area contributed by atoms with Crippen LogP contribution in [0.1, 0.15) is 13.8 Å². The van der Waals surface area contributed by atoms with Crippen LogP contribution in [0.2, 0.25) is 0 Å². The number of hydrogen-bond acceptors (Lipinski definition) is 8. The number of rotatable bonds is 8. The number of benzene rings is 3. The lowest BCUT2D eigenvalue weighted by molar-refractivity contribution is 1.07. The Morgan fingerprint density at radius 3 is 1.52 bits per heavy atom. The zero-order valence-corrected chi connectivity index (χ0v) is 26.8. The smallest absolute Gasteiger partial charge is 0.141 e. The molecule has 0 aliphatic rings. The van der Waals surface area contributed by atoms with Gasteiger partial charge in [-0.25, -0.2) is 0 Å². The van der Waals surface area contributed by atoms with Gasteiger partial charge in [-0.2, -0.15) is 5.26 Å². The van der Waals surface area contributed by atoms with Gasteiger partial charge in [-0.1, -0.05) is 24.0 Å². The monoisotopic (exact) mass is 579 g/mol. The molecule has 216 valence electrons. The largest absolute Gasteiger partial charge is 0.399 e. The van der Waals surface area contributed by atoms with Gasteiger partial charge in [-0.05, 0) is 86.6 Å². The summed E-state index contributed by atoms with van der Waals surface area (Å²) in [6, 6.07) is 26.5. The molecule has 0 bridgehead atoms. The van der Waals surface area contributed by atoms with Gasteiger partial charge in [0.2, 0.25) is 0 Å². The maximum absolute atomic E-state index is 8.58. The summed E-state index contributed by atoms with van der Waals surface area (Å²) in [6.45, 7) is 5.93. The van der Waals surface area contributed by atoms with Crippen molar-refractivity contribution in [2.45, 2.75) is 13.8 Å². The van der Waals surface area contributed by atoms with Gasteiger partial charge in [-0.15, -0.1) is 0 Å². The van der Waals surface area contributed by atoms with E-state index < -0.39 is 0 Å². The van der Waals surface area contributed by atoms with Crippen molar-refractivity contribution in [3.63, 3.8) is 0 Å². The maximum atomic E-state index is 8.58. The summed E-state index contributed by atoms with van der Waals surface area (Å²) in [6.07, 6.45) is 0. The predicted molar refractivity (Wildman–Crippen MR) is 185 cm³/mol. The Bertz CT molecular complexity index is 1150. The minimum Gasteiger partial charge on any atom is -0.399 e. The van der Waals surface area contributed by atoms with Crippen LogP contribution in [-0.2, 0) is 0 Å². The quantitative estimate of drug-likeness (QED) is 0.226. The number of hydrogen-bond donors (Lipinski definition) is 2. The van der Waals surface area contributed by atoms with Crippen LogP contribution >= 0.6 is 24.0 Å². The van der Waals surface area contributed by atoms with E-state index in [0.717, 1.165) is 34.5 Å². The van der Waals surface area contributed by atoms with Crippen LogP contribution in [0.25, 0.3) is 0 Å². The van der Waals surface area contributed by atoms with E-state index in [1.165, 1.54) is 28.8 Å². The molecule has 0 aromatic heterocycles. The summed E-state index contributed by atoms with van der Waals surface area (Å²) < 4.78 is 0.747. The van der Waals surface area contributed by atoms with E-state index >= 15 is 0 Å². The van der Waals surface area contributed by atoms with Gasteiger partial charge >= 0.3 is 0 Å². The van der Waals surface area contributed by atoms with Crippen molar-refractivity contribution in [2.75, 3.05) is 91.8 Å². The van der Waals surface area contributed by atoms with Crippen LogP contribution in [0.5, 0.6) is 0 Å². The highest BCUT2D eigenvalue weighted by Gasteiger charge is 2.10. The lowest BCUT2D eigenvalue weighted by Crippen LogP contribution is -2.26. The van der Waals surface area contributed by atoms with Gasteiger partial charge in [0.1, 0.15) is 4.32 Å². The van der Waals surface area contributed by atoms with Crippen molar-refractivity contribution in [1.29, 1.82) is 5.26 Å². The fourth-order valence-electron chi connectivity index (χ4n) is 3.37. The second-order valence-corrected chi connectivity index (χ2v) is 10.9. The highest BCUT2D eigenvalue weighted by molar-refractivity contribution is 8.23. The number of nitrogen functional groups attached to an aromatic ring is 1. The Morgan fingerprint density at radius 1 is 0.750 bits per heavy atom. The Hall–Kier alpha value is -3.61. The molecule has 0 heterocycles. The molecule has 0 atom stereocenters. The third kappa shape index (κ3) is 12.5. The highest BCUT2D eigenvalue weighted by Crippen LogP contribution is 2.23. The fraction of sp³-hybridized carbons (Fsp3) is 0.355. The van der Waals surface area contributed by atoms with Crippen LogP contribution in [0.15, 0.2) is 72.8 Å². The summed E-state index contributed by atoms with van der Waals surface area (Å²) in [4.78, 5) is 8.23. The molecule has 0 unspecified atom stereocenters. The van der Waals surface area contributed by atoms with E-state index in [2.05, 4.69) is 83.6 Å². The molecule has 0 fully saturated rings. The molecule has 0 aliphatic carbocycles. The van der Waals surface area contributed by atoms with Gasteiger partial charge in [0.15, 0.2) is 0 Å². The Balaban J connectivity index is 0.000000316. The standard InChI is InChI=1S/C13H17N3S2.C10H16N2.C8H12N2/c1-4-16(13(17)18-10-9-14)12-7-5-11(6-8-12)15(2)3;1-4-11-9-5-7-10(8-6-9)12(2)3;1-10(2)8-5-3-7(9)4-6-8/h5-8H,4,10H2,1-3H3;5-8,11H,4H2,1-3H3;3-6H,9H2,1-2H3. The molecule has 3 N–H and O–H groups in total. The third-order valence-electron chi connectivity index (χ3n) is 5.65. The zero-order chi connectivity index (χ0) is 30.1. The molecular formula is C31H45N7S2. The molecule has 0 amide bonds. The number of thiocarbonyl (C=S) groups is 1. The molecule has 0 radical (unpaired) electrons. The maximum Gasteiger partial charge on any atom is 0.141 e. The lowest BCUT2D eigenvalue weighted by Gasteiger charge is -2.23. The molecule has 9 heteroatoms. The van der Waals surface area contributed by atoms with Gasteiger partial charge in [0.25, 0.3) is 0 Å². The second kappa shape index (κ2) is 18.6. The molecule has 0 spiro atoms. The van der Waals surface area contributed by atoms with Crippen LogP contribution in [-0.4, -0.2) is 65.4 Å². The second-order valence-electron chi connectivity index (χ2n) is 9.33. The third-order valence-corrected chi connectivity index (χ3v) is 6.96. The molecule has 3 aromatic rings. The number of nitrogens with zero attached hydrogens (tertiary/aromatic N) is 5. The van der Waals surface area contributed by atoms with E-state index in [9.17, 15) is 0 Å². The molecule has 0 saturated heterocycles. The van der Waals surface area contributed by atoms with E-state index in [0.29, 0.717) is 5.75 Å². The topological polar surface area (TPSA) is 74.8 Å². The molecule has 3 rings (SSSR count). The van der Waals surface area contributed by atoms with Gasteiger partial charge in [-0.3, -0.25) is 0 Å². The Labute approximate surface area is 251 Å². The van der Waals surface area contributed by atoms with Crippen LogP contribution in [0.3, 0.4) is 0 Å². The summed E-state index contributed by atoms with van der Waals surface area (Å²) >= 11 is 6.73. The number of nitriles is 1. The Morgan fingerprint density at radius 2 is 1.15 bits per heavy atom. The van der Waals surface area contributed by atoms with Gasteiger partial charge in [0.05, 0.1) is 11.8 Å². The normalized spacial score (nSPS) is 9.57. The summed E-state index contributed by atoms with van der Waals surface area (Å²) in [7, 11) is 12.1. The van der Waals surface area contributed by atoms with Gasteiger partial charge < -0.3 is 30.7 Å². The number of thioether (sulfide) groups is 1. The molecule has 40 heavy (non-hydrogen) atoms. The minimum absolute atomic E-state index is 0.394. The van der Waals surface area contributed by atoms with E-state index in [4.69, 9.17) is 23.2 Å². The molecule has 0 saturated carbocycles. The SMILES string of the molecule is CCN(C(=S)SCC#N)c1ccc(N(C)C)cc1.CCNc1ccc(N(C)C)cc1.CN(C)c1ccc(N)cc1. The van der Waals surface area contributed by atoms with Crippen LogP contribution < -0.4 is 30.7 Å². The first kappa shape index (κ1) is 34.4. The fourth-order valence-corrected chi connectivity index (χ4v) is 4.36. The van der Waals surface area contributed by atoms with E-state index in [1.807, 2.05) is 76.4 Å². The molecule has 0 aliphatic heterocycles. The molecular weight excluding hydrogens is 535 g/mol. The molecule has 3 aromatic carbocycles. The van der Waals surface area contributed by atoms with Crippen molar-refractivity contribution in [1.82, 2.24) is 0 Å².